The maximum atomic E-state index is 11.6. The van der Waals surface area contributed by atoms with Crippen LogP contribution in [0.4, 0.5) is 0 Å². The van der Waals surface area contributed by atoms with Crippen molar-refractivity contribution in [3.63, 3.8) is 0 Å². The lowest BCUT2D eigenvalue weighted by Gasteiger charge is -2.22. The van der Waals surface area contributed by atoms with Crippen LogP contribution in [0, 0.1) is 12.8 Å². The van der Waals surface area contributed by atoms with Crippen LogP contribution in [0.15, 0.2) is 40.8 Å². The van der Waals surface area contributed by atoms with E-state index in [0.29, 0.717) is 23.8 Å². The van der Waals surface area contributed by atoms with Crippen LogP contribution in [0.1, 0.15) is 47.3 Å². The van der Waals surface area contributed by atoms with Gasteiger partial charge in [0, 0.05) is 6.04 Å². The SMILES string of the molecule is COC(=O)c1cc(CNC(c2ccccc2)C(C)C)oc1C. The van der Waals surface area contributed by atoms with Gasteiger partial charge >= 0.3 is 5.97 Å². The Morgan fingerprint density at radius 1 is 1.27 bits per heavy atom. The molecule has 0 bridgehead atoms. The maximum Gasteiger partial charge on any atom is 0.341 e. The highest BCUT2D eigenvalue weighted by atomic mass is 16.5. The number of hydrogen-bond acceptors (Lipinski definition) is 4. The highest BCUT2D eigenvalue weighted by Gasteiger charge is 2.18. The number of methoxy groups -OCH3 is 1. The molecule has 22 heavy (non-hydrogen) atoms. The van der Waals surface area contributed by atoms with Gasteiger partial charge in [-0.25, -0.2) is 4.79 Å². The smallest absolute Gasteiger partial charge is 0.341 e. The molecule has 0 radical (unpaired) electrons. The predicted molar refractivity (Wildman–Crippen MR) is 85.6 cm³/mol. The van der Waals surface area contributed by atoms with Gasteiger partial charge < -0.3 is 14.5 Å². The van der Waals surface area contributed by atoms with Crippen molar-refractivity contribution < 1.29 is 13.9 Å². The van der Waals surface area contributed by atoms with E-state index in [1.54, 1.807) is 13.0 Å². The number of furan rings is 1. The summed E-state index contributed by atoms with van der Waals surface area (Å²) < 4.78 is 10.4. The zero-order valence-electron chi connectivity index (χ0n) is 13.6. The van der Waals surface area contributed by atoms with Crippen molar-refractivity contribution in [2.45, 2.75) is 33.4 Å². The second kappa shape index (κ2) is 7.27. The lowest BCUT2D eigenvalue weighted by Crippen LogP contribution is -2.25. The molecule has 1 aromatic carbocycles. The highest BCUT2D eigenvalue weighted by molar-refractivity contribution is 5.90. The van der Waals surface area contributed by atoms with Gasteiger partial charge in [-0.1, -0.05) is 44.2 Å². The Labute approximate surface area is 131 Å². The molecule has 2 aromatic rings. The summed E-state index contributed by atoms with van der Waals surface area (Å²) in [6.45, 7) is 6.69. The molecule has 0 amide bonds. The number of esters is 1. The molecule has 1 unspecified atom stereocenters. The number of hydrogen-bond donors (Lipinski definition) is 1. The molecule has 1 aromatic heterocycles. The van der Waals surface area contributed by atoms with Crippen molar-refractivity contribution in [3.05, 3.63) is 59.0 Å². The molecule has 2 rings (SSSR count). The second-order valence-corrected chi connectivity index (χ2v) is 5.69. The molecule has 0 aliphatic rings. The summed E-state index contributed by atoms with van der Waals surface area (Å²) in [6.07, 6.45) is 0. The predicted octanol–water partition coefficient (Wildman–Crippen LogP) is 3.86. The van der Waals surface area contributed by atoms with Crippen molar-refractivity contribution in [1.29, 1.82) is 0 Å². The first-order chi connectivity index (χ1) is 10.5. The van der Waals surface area contributed by atoms with E-state index in [0.717, 1.165) is 5.76 Å². The van der Waals surface area contributed by atoms with Crippen LogP contribution in [0.2, 0.25) is 0 Å². The fourth-order valence-corrected chi connectivity index (χ4v) is 2.55. The number of nitrogens with one attached hydrogen (secondary N) is 1. The third kappa shape index (κ3) is 3.77. The number of benzene rings is 1. The minimum Gasteiger partial charge on any atom is -0.465 e. The van der Waals surface area contributed by atoms with E-state index in [9.17, 15) is 4.79 Å². The van der Waals surface area contributed by atoms with Gasteiger partial charge in [-0.15, -0.1) is 0 Å². The molecule has 4 nitrogen and oxygen atoms in total. The van der Waals surface area contributed by atoms with E-state index in [-0.39, 0.29) is 12.0 Å². The first-order valence-corrected chi connectivity index (χ1v) is 7.49. The molecular formula is C18H23NO3. The standard InChI is InChI=1S/C18H23NO3/c1-12(2)17(14-8-6-5-7-9-14)19-11-15-10-16(13(3)22-15)18(20)21-4/h5-10,12,17,19H,11H2,1-4H3. The minimum absolute atomic E-state index is 0.230. The lowest BCUT2D eigenvalue weighted by atomic mass is 9.96. The molecule has 0 saturated heterocycles. The fraction of sp³-hybridized carbons (Fsp3) is 0.389. The summed E-state index contributed by atoms with van der Waals surface area (Å²) in [5.41, 5.74) is 1.73. The van der Waals surface area contributed by atoms with Crippen LogP contribution >= 0.6 is 0 Å². The van der Waals surface area contributed by atoms with Crippen LogP contribution in [0.3, 0.4) is 0 Å². The van der Waals surface area contributed by atoms with Gasteiger partial charge in [-0.3, -0.25) is 0 Å². The molecule has 0 spiro atoms. The van der Waals surface area contributed by atoms with Crippen molar-refractivity contribution >= 4 is 5.97 Å². The van der Waals surface area contributed by atoms with Crippen LogP contribution in [-0.4, -0.2) is 13.1 Å². The zero-order valence-corrected chi connectivity index (χ0v) is 13.6. The van der Waals surface area contributed by atoms with E-state index >= 15 is 0 Å². The monoisotopic (exact) mass is 301 g/mol. The third-order valence-corrected chi connectivity index (χ3v) is 3.70. The minimum atomic E-state index is -0.365. The summed E-state index contributed by atoms with van der Waals surface area (Å²) in [5, 5.41) is 3.50. The van der Waals surface area contributed by atoms with Crippen LogP contribution in [0.5, 0.6) is 0 Å². The largest absolute Gasteiger partial charge is 0.465 e. The van der Waals surface area contributed by atoms with Crippen LogP contribution in [0.25, 0.3) is 0 Å². The maximum absolute atomic E-state index is 11.6. The van der Waals surface area contributed by atoms with Gasteiger partial charge in [-0.2, -0.15) is 0 Å². The Hall–Kier alpha value is -2.07. The quantitative estimate of drug-likeness (QED) is 0.823. The molecule has 0 saturated carbocycles. The van der Waals surface area contributed by atoms with Crippen molar-refractivity contribution in [3.8, 4) is 0 Å². The zero-order chi connectivity index (χ0) is 16.1. The Morgan fingerprint density at radius 2 is 1.95 bits per heavy atom. The summed E-state index contributed by atoms with van der Waals surface area (Å²) in [7, 11) is 1.37. The molecule has 1 N–H and O–H groups in total. The van der Waals surface area contributed by atoms with E-state index in [4.69, 9.17) is 9.15 Å². The third-order valence-electron chi connectivity index (χ3n) is 3.70. The Morgan fingerprint density at radius 3 is 2.55 bits per heavy atom. The van der Waals surface area contributed by atoms with Crippen molar-refractivity contribution in [1.82, 2.24) is 5.32 Å². The summed E-state index contributed by atoms with van der Waals surface area (Å²) in [6, 6.07) is 12.3. The first-order valence-electron chi connectivity index (χ1n) is 7.49. The topological polar surface area (TPSA) is 51.5 Å². The second-order valence-electron chi connectivity index (χ2n) is 5.69. The summed E-state index contributed by atoms with van der Waals surface area (Å²) >= 11 is 0. The van der Waals surface area contributed by atoms with Gasteiger partial charge in [0.25, 0.3) is 0 Å². The van der Waals surface area contributed by atoms with Crippen molar-refractivity contribution in [2.24, 2.45) is 5.92 Å². The normalized spacial score (nSPS) is 12.4. The van der Waals surface area contributed by atoms with Crippen LogP contribution in [-0.2, 0) is 11.3 Å². The van der Waals surface area contributed by atoms with E-state index in [1.165, 1.54) is 12.7 Å². The molecule has 0 aliphatic carbocycles. The molecule has 1 heterocycles. The average Bonchev–Trinajstić information content (AvgIpc) is 2.88. The fourth-order valence-electron chi connectivity index (χ4n) is 2.55. The first kappa shape index (κ1) is 16.3. The average molecular weight is 301 g/mol. The van der Waals surface area contributed by atoms with E-state index in [2.05, 4.69) is 31.3 Å². The van der Waals surface area contributed by atoms with E-state index in [1.807, 2.05) is 18.2 Å². The Balaban J connectivity index is 2.09. The number of aryl methyl sites for hydroxylation is 1. The van der Waals surface area contributed by atoms with Crippen molar-refractivity contribution in [2.75, 3.05) is 7.11 Å². The number of ether oxygens (including phenoxy) is 1. The molecule has 118 valence electrons. The van der Waals surface area contributed by atoms with Crippen LogP contribution < -0.4 is 5.32 Å². The van der Waals surface area contributed by atoms with Gasteiger partial charge in [0.05, 0.1) is 13.7 Å². The lowest BCUT2D eigenvalue weighted by molar-refractivity contribution is 0.0599. The molecule has 4 heteroatoms. The number of carbonyl (C=O) groups excluding carboxylic acids is 1. The van der Waals surface area contributed by atoms with Gasteiger partial charge in [0.1, 0.15) is 17.1 Å². The molecule has 0 aliphatic heterocycles. The van der Waals surface area contributed by atoms with Gasteiger partial charge in [0.2, 0.25) is 0 Å². The highest BCUT2D eigenvalue weighted by Crippen LogP contribution is 2.23. The van der Waals surface area contributed by atoms with E-state index < -0.39 is 0 Å². The Bertz CT molecular complexity index is 617. The molecule has 1 atom stereocenters. The molecule has 0 fully saturated rings. The molecular weight excluding hydrogens is 278 g/mol. The summed E-state index contributed by atoms with van der Waals surface area (Å²) in [5.74, 6) is 1.40. The summed E-state index contributed by atoms with van der Waals surface area (Å²) in [4.78, 5) is 11.6. The van der Waals surface area contributed by atoms with Gasteiger partial charge in [-0.05, 0) is 24.5 Å². The number of rotatable bonds is 6. The van der Waals surface area contributed by atoms with Gasteiger partial charge in [0.15, 0.2) is 0 Å². The Kier molecular flexibility index (Phi) is 5.39. The number of carbonyl (C=O) groups is 1.